The highest BCUT2D eigenvalue weighted by atomic mass is 79.9. The number of fused-ring (bicyclic) bond motifs is 1. The van der Waals surface area contributed by atoms with E-state index in [1.807, 2.05) is 26.0 Å². The Morgan fingerprint density at radius 2 is 1.87 bits per heavy atom. The third kappa shape index (κ3) is 4.55. The summed E-state index contributed by atoms with van der Waals surface area (Å²) in [5.41, 5.74) is 2.56. The molecule has 0 aliphatic rings. The van der Waals surface area contributed by atoms with Gasteiger partial charge in [0.2, 0.25) is 0 Å². The summed E-state index contributed by atoms with van der Waals surface area (Å²) in [6.45, 7) is 4.25. The number of ether oxygens (including phenoxy) is 2. The van der Waals surface area contributed by atoms with Crippen molar-refractivity contribution in [1.29, 1.82) is 0 Å². The zero-order chi connectivity index (χ0) is 21.8. The molecule has 0 amide bonds. The summed E-state index contributed by atoms with van der Waals surface area (Å²) in [6, 6.07) is 10.6. The predicted octanol–water partition coefficient (Wildman–Crippen LogP) is 5.95. The van der Waals surface area contributed by atoms with Gasteiger partial charge in [-0.05, 0) is 55.3 Å². The van der Waals surface area contributed by atoms with E-state index in [-0.39, 0.29) is 18.3 Å². The fourth-order valence-corrected chi connectivity index (χ4v) is 3.87. The smallest absolute Gasteiger partial charge is 0.310 e. The molecule has 1 aromatic heterocycles. The van der Waals surface area contributed by atoms with Crippen LogP contribution in [0.4, 0.5) is 0 Å². The topological polar surface area (TPSA) is 57.5 Å². The second-order valence-corrected chi connectivity index (χ2v) is 8.29. The van der Waals surface area contributed by atoms with Gasteiger partial charge in [0.1, 0.15) is 5.75 Å². The fraction of sp³-hybridized carbons (Fsp3) is 0.304. The average molecular weight is 493 g/mol. The average Bonchev–Trinajstić information content (AvgIpc) is 2.98. The summed E-state index contributed by atoms with van der Waals surface area (Å²) in [4.78, 5) is 25.7. The Hall–Kier alpha value is -2.31. The lowest BCUT2D eigenvalue weighted by Crippen LogP contribution is -2.14. The van der Waals surface area contributed by atoms with Crippen molar-refractivity contribution < 1.29 is 19.1 Å². The maximum absolute atomic E-state index is 13.3. The number of hydrogen-bond donors (Lipinski definition) is 0. The highest BCUT2D eigenvalue weighted by molar-refractivity contribution is 9.10. The summed E-state index contributed by atoms with van der Waals surface area (Å²) in [5, 5.41) is 1.14. The van der Waals surface area contributed by atoms with Crippen LogP contribution in [0.2, 0.25) is 5.02 Å². The van der Waals surface area contributed by atoms with E-state index in [1.54, 1.807) is 28.8 Å². The SMILES string of the molecule is CCCCOC(=O)Cc1c(C)n(C(=O)c2ccc(Br)cc2)c2cc(Cl)c(OC)cc12. The third-order valence-electron chi connectivity index (χ3n) is 4.98. The molecule has 2 aromatic carbocycles. The van der Waals surface area contributed by atoms with Gasteiger partial charge in [-0.1, -0.05) is 40.9 Å². The van der Waals surface area contributed by atoms with Gasteiger partial charge in [-0.25, -0.2) is 0 Å². The first-order valence-corrected chi connectivity index (χ1v) is 10.9. The molecule has 0 saturated heterocycles. The van der Waals surface area contributed by atoms with Gasteiger partial charge < -0.3 is 9.47 Å². The zero-order valence-corrected chi connectivity index (χ0v) is 19.5. The molecule has 0 N–H and O–H groups in total. The normalized spacial score (nSPS) is 11.0. The van der Waals surface area contributed by atoms with E-state index >= 15 is 0 Å². The van der Waals surface area contributed by atoms with Crippen LogP contribution in [-0.4, -0.2) is 30.2 Å². The molecule has 7 heteroatoms. The molecule has 3 rings (SSSR count). The quantitative estimate of drug-likeness (QED) is 0.302. The fourth-order valence-electron chi connectivity index (χ4n) is 3.37. The van der Waals surface area contributed by atoms with Crippen LogP contribution in [0.1, 0.15) is 41.4 Å². The number of nitrogens with zero attached hydrogens (tertiary/aromatic N) is 1. The van der Waals surface area contributed by atoms with Crippen molar-refractivity contribution in [2.75, 3.05) is 13.7 Å². The van der Waals surface area contributed by atoms with Gasteiger partial charge in [0.25, 0.3) is 5.91 Å². The number of rotatable bonds is 7. The number of hydrogen-bond acceptors (Lipinski definition) is 4. The minimum Gasteiger partial charge on any atom is -0.495 e. The summed E-state index contributed by atoms with van der Waals surface area (Å²) in [6.07, 6.45) is 1.83. The van der Waals surface area contributed by atoms with Crippen molar-refractivity contribution in [2.45, 2.75) is 33.1 Å². The number of esters is 1. The zero-order valence-electron chi connectivity index (χ0n) is 17.1. The molecule has 0 bridgehead atoms. The Morgan fingerprint density at radius 3 is 2.50 bits per heavy atom. The maximum atomic E-state index is 13.3. The van der Waals surface area contributed by atoms with Crippen LogP contribution in [0.25, 0.3) is 10.9 Å². The maximum Gasteiger partial charge on any atom is 0.310 e. The molecule has 0 radical (unpaired) electrons. The second kappa shape index (κ2) is 9.67. The molecule has 0 aliphatic heterocycles. The van der Waals surface area contributed by atoms with E-state index < -0.39 is 0 Å². The van der Waals surface area contributed by atoms with Crippen molar-refractivity contribution in [3.8, 4) is 5.75 Å². The Morgan fingerprint density at radius 1 is 1.17 bits per heavy atom. The van der Waals surface area contributed by atoms with Crippen LogP contribution >= 0.6 is 27.5 Å². The van der Waals surface area contributed by atoms with Crippen molar-refractivity contribution in [2.24, 2.45) is 0 Å². The Labute approximate surface area is 189 Å². The number of unbranched alkanes of at least 4 members (excludes halogenated alkanes) is 1. The van der Waals surface area contributed by atoms with Crippen molar-refractivity contribution in [3.63, 3.8) is 0 Å². The van der Waals surface area contributed by atoms with Crippen LogP contribution in [-0.2, 0) is 16.0 Å². The van der Waals surface area contributed by atoms with Gasteiger partial charge >= 0.3 is 5.97 Å². The van der Waals surface area contributed by atoms with Gasteiger partial charge in [0, 0.05) is 21.1 Å². The van der Waals surface area contributed by atoms with Gasteiger partial charge in [0.05, 0.1) is 30.7 Å². The molecule has 30 heavy (non-hydrogen) atoms. The van der Waals surface area contributed by atoms with Crippen LogP contribution in [0.3, 0.4) is 0 Å². The third-order valence-corrected chi connectivity index (χ3v) is 5.81. The van der Waals surface area contributed by atoms with Crippen LogP contribution < -0.4 is 4.74 Å². The molecule has 0 aliphatic carbocycles. The number of benzene rings is 2. The Bertz CT molecular complexity index is 1090. The van der Waals surface area contributed by atoms with E-state index in [9.17, 15) is 9.59 Å². The first-order valence-electron chi connectivity index (χ1n) is 9.70. The highest BCUT2D eigenvalue weighted by Gasteiger charge is 2.23. The molecule has 158 valence electrons. The lowest BCUT2D eigenvalue weighted by Gasteiger charge is -2.09. The molecule has 0 unspecified atom stereocenters. The number of aromatic nitrogens is 1. The van der Waals surface area contributed by atoms with Crippen LogP contribution in [0.15, 0.2) is 40.9 Å². The minimum atomic E-state index is -0.324. The standard InChI is InChI=1S/C23H23BrClNO4/c1-4-5-10-30-22(27)12-17-14(2)26(23(28)15-6-8-16(24)9-7-15)20-13-19(25)21(29-3)11-18(17)20/h6-9,11,13H,4-5,10,12H2,1-3H3. The lowest BCUT2D eigenvalue weighted by atomic mass is 10.1. The molecule has 0 fully saturated rings. The Balaban J connectivity index is 2.11. The van der Waals surface area contributed by atoms with Gasteiger partial charge in [-0.3, -0.25) is 14.2 Å². The molecule has 0 saturated carbocycles. The molecular formula is C23H23BrClNO4. The first kappa shape index (κ1) is 22.4. The number of carbonyl (C=O) groups excluding carboxylic acids is 2. The highest BCUT2D eigenvalue weighted by Crippen LogP contribution is 2.35. The van der Waals surface area contributed by atoms with E-state index in [0.29, 0.717) is 34.2 Å². The molecule has 0 spiro atoms. The first-order chi connectivity index (χ1) is 14.4. The number of methoxy groups -OCH3 is 1. The van der Waals surface area contributed by atoms with Gasteiger partial charge in [-0.2, -0.15) is 0 Å². The largest absolute Gasteiger partial charge is 0.495 e. The summed E-state index contributed by atoms with van der Waals surface area (Å²) >= 11 is 9.74. The van der Waals surface area contributed by atoms with Crippen molar-refractivity contribution in [1.82, 2.24) is 4.57 Å². The molecule has 1 heterocycles. The van der Waals surface area contributed by atoms with E-state index in [2.05, 4.69) is 15.9 Å². The van der Waals surface area contributed by atoms with E-state index in [4.69, 9.17) is 21.1 Å². The van der Waals surface area contributed by atoms with Gasteiger partial charge in [0.15, 0.2) is 0 Å². The summed E-state index contributed by atoms with van der Waals surface area (Å²) in [5.74, 6) is -0.0366. The van der Waals surface area contributed by atoms with Crippen molar-refractivity contribution in [3.05, 3.63) is 62.7 Å². The minimum absolute atomic E-state index is 0.0669. The van der Waals surface area contributed by atoms with Crippen molar-refractivity contribution >= 4 is 50.3 Å². The van der Waals surface area contributed by atoms with Gasteiger partial charge in [-0.15, -0.1) is 0 Å². The summed E-state index contributed by atoms with van der Waals surface area (Å²) < 4.78 is 13.2. The number of carbonyl (C=O) groups is 2. The monoisotopic (exact) mass is 491 g/mol. The molecule has 5 nitrogen and oxygen atoms in total. The van der Waals surface area contributed by atoms with Crippen LogP contribution in [0, 0.1) is 6.92 Å². The number of halogens is 2. The second-order valence-electron chi connectivity index (χ2n) is 6.97. The molecule has 0 atom stereocenters. The van der Waals surface area contributed by atoms with E-state index in [1.165, 1.54) is 7.11 Å². The molecular weight excluding hydrogens is 470 g/mol. The lowest BCUT2D eigenvalue weighted by molar-refractivity contribution is -0.142. The van der Waals surface area contributed by atoms with E-state index in [0.717, 1.165) is 28.3 Å². The van der Waals surface area contributed by atoms with Crippen LogP contribution in [0.5, 0.6) is 5.75 Å². The Kier molecular flexibility index (Phi) is 7.21. The predicted molar refractivity (Wildman–Crippen MR) is 122 cm³/mol. The summed E-state index contributed by atoms with van der Waals surface area (Å²) in [7, 11) is 1.53. The molecule has 3 aromatic rings.